The van der Waals surface area contributed by atoms with Gasteiger partial charge in [-0.05, 0) is 87.2 Å². The van der Waals surface area contributed by atoms with Crippen molar-refractivity contribution >= 4 is 56.5 Å². The number of aromatic nitrogens is 3. The van der Waals surface area contributed by atoms with Crippen molar-refractivity contribution in [3.63, 3.8) is 0 Å². The van der Waals surface area contributed by atoms with Crippen LogP contribution in [0, 0.1) is 13.0 Å². The van der Waals surface area contributed by atoms with Gasteiger partial charge in [0.05, 0.1) is 16.9 Å². The molecule has 9 rings (SSSR count). The van der Waals surface area contributed by atoms with Gasteiger partial charge < -0.3 is 21.6 Å². The van der Waals surface area contributed by atoms with Crippen molar-refractivity contribution < 1.29 is 25.5 Å². The normalized spacial score (nSPS) is 12.5. The molecule has 9 aromatic rings. The summed E-state index contributed by atoms with van der Waals surface area (Å²) in [4.78, 5) is 11.3. The minimum Gasteiger partial charge on any atom is -0.779 e. The smallest absolute Gasteiger partial charge is 0.779 e. The SMILES string of the molecule is Cc1ccnc2c(-c3[c-]c(-c4nc5c(-c6c([S-])ccc7c6oc6ccccc67)cc(C(C)(C)C)cc5n4-c4ccc(C(C)(C)C)cc4)ccc3)cc(C(C)(C)C)cc12.[Pt+2]. The molecular formula is C53H49N3OPtS. The molecule has 0 saturated carbocycles. The molecule has 0 spiro atoms. The molecule has 6 aromatic carbocycles. The maximum absolute atomic E-state index is 6.67. The van der Waals surface area contributed by atoms with Crippen LogP contribution in [0.2, 0.25) is 0 Å². The van der Waals surface area contributed by atoms with E-state index in [0.29, 0.717) is 0 Å². The molecule has 6 heteroatoms. The average molecular weight is 971 g/mol. The molecule has 0 aliphatic rings. The van der Waals surface area contributed by atoms with Gasteiger partial charge in [0.1, 0.15) is 11.2 Å². The monoisotopic (exact) mass is 970 g/mol. The average Bonchev–Trinajstić information content (AvgIpc) is 3.75. The number of furan rings is 1. The Bertz CT molecular complexity index is 3080. The van der Waals surface area contributed by atoms with E-state index in [1.54, 1.807) is 0 Å². The van der Waals surface area contributed by atoms with Crippen molar-refractivity contribution in [2.24, 2.45) is 0 Å². The zero-order valence-electron chi connectivity index (χ0n) is 35.4. The first-order chi connectivity index (χ1) is 27.5. The molecule has 0 aliphatic heterocycles. The second-order valence-electron chi connectivity index (χ2n) is 18.9. The van der Waals surface area contributed by atoms with Crippen molar-refractivity contribution in [3.8, 4) is 39.3 Å². The number of benzene rings is 6. The van der Waals surface area contributed by atoms with Crippen molar-refractivity contribution in [3.05, 3.63) is 144 Å². The molecule has 59 heavy (non-hydrogen) atoms. The molecular weight excluding hydrogens is 922 g/mol. The third-order valence-electron chi connectivity index (χ3n) is 11.7. The largest absolute Gasteiger partial charge is 2.00 e. The fourth-order valence-electron chi connectivity index (χ4n) is 8.16. The molecule has 0 radical (unpaired) electrons. The van der Waals surface area contributed by atoms with E-state index in [4.69, 9.17) is 27.0 Å². The second kappa shape index (κ2) is 14.6. The van der Waals surface area contributed by atoms with Crippen LogP contribution in [-0.4, -0.2) is 14.5 Å². The zero-order valence-corrected chi connectivity index (χ0v) is 38.5. The van der Waals surface area contributed by atoms with Crippen molar-refractivity contribution in [1.29, 1.82) is 0 Å². The van der Waals surface area contributed by atoms with Gasteiger partial charge in [-0.3, -0.25) is 9.97 Å². The Kier molecular flexibility index (Phi) is 10.0. The number of pyridine rings is 1. The third-order valence-corrected chi connectivity index (χ3v) is 12.0. The molecule has 0 aliphatic carbocycles. The fourth-order valence-corrected chi connectivity index (χ4v) is 8.43. The van der Waals surface area contributed by atoms with Crippen LogP contribution >= 0.6 is 0 Å². The fraction of sp³-hybridized carbons (Fsp3) is 0.245. The van der Waals surface area contributed by atoms with Crippen LogP contribution < -0.4 is 0 Å². The topological polar surface area (TPSA) is 43.9 Å². The van der Waals surface area contributed by atoms with Crippen molar-refractivity contribution in [2.75, 3.05) is 0 Å². The van der Waals surface area contributed by atoms with Crippen LogP contribution in [0.4, 0.5) is 0 Å². The van der Waals surface area contributed by atoms with Gasteiger partial charge in [-0.1, -0.05) is 128 Å². The second-order valence-corrected chi connectivity index (χ2v) is 19.3. The first-order valence-electron chi connectivity index (χ1n) is 20.2. The van der Waals surface area contributed by atoms with Crippen LogP contribution in [0.3, 0.4) is 0 Å². The van der Waals surface area contributed by atoms with Crippen LogP contribution in [0.25, 0.3) is 83.2 Å². The van der Waals surface area contributed by atoms with Gasteiger partial charge in [0.2, 0.25) is 0 Å². The summed E-state index contributed by atoms with van der Waals surface area (Å²) in [5, 5.41) is 3.27. The van der Waals surface area contributed by atoms with Gasteiger partial charge >= 0.3 is 21.1 Å². The van der Waals surface area contributed by atoms with E-state index in [1.165, 1.54) is 22.3 Å². The molecule has 0 bridgehead atoms. The molecule has 0 saturated heterocycles. The summed E-state index contributed by atoms with van der Waals surface area (Å²) in [6.45, 7) is 22.5. The summed E-state index contributed by atoms with van der Waals surface area (Å²) in [7, 11) is 0. The Hall–Kier alpha value is -5.09. The van der Waals surface area contributed by atoms with Crippen molar-refractivity contribution in [1.82, 2.24) is 14.5 Å². The summed E-state index contributed by atoms with van der Waals surface area (Å²) in [5.41, 5.74) is 15.0. The number of rotatable bonds is 4. The summed E-state index contributed by atoms with van der Waals surface area (Å²) in [6.07, 6.45) is 1.91. The molecule has 0 N–H and O–H groups in total. The summed E-state index contributed by atoms with van der Waals surface area (Å²) < 4.78 is 8.98. The molecule has 298 valence electrons. The molecule has 0 fully saturated rings. The van der Waals surface area contributed by atoms with Gasteiger partial charge in [0, 0.05) is 39.3 Å². The molecule has 3 heterocycles. The number of fused-ring (bicyclic) bond motifs is 5. The molecule has 0 unspecified atom stereocenters. The van der Waals surface area contributed by atoms with Gasteiger partial charge in [-0.15, -0.1) is 29.8 Å². The minimum absolute atomic E-state index is 0. The van der Waals surface area contributed by atoms with E-state index in [1.807, 2.05) is 24.4 Å². The molecule has 0 amide bonds. The number of hydrogen-bond donors (Lipinski definition) is 0. The van der Waals surface area contributed by atoms with E-state index in [0.717, 1.165) is 88.1 Å². The standard InChI is InChI=1S/C53H50N3OS.Pt/c1-31-24-25-54-47-40(31)27-35(52(5,6)7)28-41(47)32-14-13-15-33(26-32)50-55-48-42(46-45(58)23-22-39-38-16-11-12-17-44(38)57-49(39)46)29-36(53(8,9)10)30-43(48)56(50)37-20-18-34(19-21-37)51(2,3)4;/h11-25,27-30,58H,1-10H3;/q-1;+2/p-1. The number of imidazole rings is 1. The quantitative estimate of drug-likeness (QED) is 0.130. The first kappa shape index (κ1) is 40.7. The van der Waals surface area contributed by atoms with E-state index in [-0.39, 0.29) is 37.3 Å². The zero-order chi connectivity index (χ0) is 40.9. The molecule has 0 atom stereocenters. The maximum Gasteiger partial charge on any atom is 2.00 e. The van der Waals surface area contributed by atoms with E-state index < -0.39 is 0 Å². The predicted octanol–water partition coefficient (Wildman–Crippen LogP) is 14.4. The summed E-state index contributed by atoms with van der Waals surface area (Å²) in [6, 6.07) is 42.8. The molecule has 3 aromatic heterocycles. The number of para-hydroxylation sites is 1. The first-order valence-corrected chi connectivity index (χ1v) is 20.6. The Labute approximate surface area is 367 Å². The third kappa shape index (κ3) is 7.11. The maximum atomic E-state index is 6.67. The Morgan fingerprint density at radius 3 is 1.98 bits per heavy atom. The van der Waals surface area contributed by atoms with Crippen molar-refractivity contribution in [2.45, 2.75) is 90.4 Å². The van der Waals surface area contributed by atoms with Crippen LogP contribution in [-0.2, 0) is 49.9 Å². The van der Waals surface area contributed by atoms with Gasteiger partial charge in [0.25, 0.3) is 0 Å². The minimum atomic E-state index is -0.173. The van der Waals surface area contributed by atoms with Gasteiger partial charge in [0.15, 0.2) is 0 Å². The van der Waals surface area contributed by atoms with E-state index in [9.17, 15) is 0 Å². The van der Waals surface area contributed by atoms with Crippen LogP contribution in [0.5, 0.6) is 0 Å². The van der Waals surface area contributed by atoms with Gasteiger partial charge in [-0.25, -0.2) is 0 Å². The Morgan fingerprint density at radius 2 is 1.27 bits per heavy atom. The van der Waals surface area contributed by atoms with E-state index in [2.05, 4.69) is 171 Å². The van der Waals surface area contributed by atoms with E-state index >= 15 is 0 Å². The summed E-state index contributed by atoms with van der Waals surface area (Å²) >= 11 is 6.19. The van der Waals surface area contributed by atoms with Gasteiger partial charge in [-0.2, -0.15) is 4.90 Å². The number of aryl methyl sites for hydroxylation is 1. The summed E-state index contributed by atoms with van der Waals surface area (Å²) in [5.74, 6) is 0.802. The van der Waals surface area contributed by atoms with Crippen LogP contribution in [0.1, 0.15) is 84.6 Å². The Morgan fingerprint density at radius 1 is 0.610 bits per heavy atom. The van der Waals surface area contributed by atoms with Crippen LogP contribution in [0.15, 0.2) is 125 Å². The Balaban J connectivity index is 0.00000484. The number of hydrogen-bond acceptors (Lipinski definition) is 4. The number of nitrogens with zero attached hydrogens (tertiary/aromatic N) is 3. The molecule has 4 nitrogen and oxygen atoms in total. The predicted molar refractivity (Wildman–Crippen MR) is 245 cm³/mol.